The Balaban J connectivity index is 2.73. The van der Waals surface area contributed by atoms with E-state index in [0.29, 0.717) is 6.61 Å². The molecule has 0 unspecified atom stereocenters. The molecule has 0 atom stereocenters. The summed E-state index contributed by atoms with van der Waals surface area (Å²) in [5, 5.41) is 12.0. The summed E-state index contributed by atoms with van der Waals surface area (Å²) in [5.74, 6) is 0.882. The number of hydrogen-bond donors (Lipinski definition) is 2. The molecule has 0 saturated carbocycles. The van der Waals surface area contributed by atoms with E-state index in [-0.39, 0.29) is 6.61 Å². The molecule has 0 saturated heterocycles. The zero-order valence-electron chi connectivity index (χ0n) is 9.80. The molecule has 1 aromatic rings. The highest BCUT2D eigenvalue weighted by atomic mass is 79.9. The van der Waals surface area contributed by atoms with Crippen LogP contribution in [-0.4, -0.2) is 24.9 Å². The lowest BCUT2D eigenvalue weighted by atomic mass is 10.2. The monoisotopic (exact) mass is 365 g/mol. The average molecular weight is 367 g/mol. The molecule has 2 N–H and O–H groups in total. The van der Waals surface area contributed by atoms with E-state index in [9.17, 15) is 0 Å². The molecular weight excluding hydrogens is 350 g/mol. The van der Waals surface area contributed by atoms with Crippen molar-refractivity contribution in [2.75, 3.05) is 19.8 Å². The second-order valence-electron chi connectivity index (χ2n) is 3.56. The maximum absolute atomic E-state index is 8.71. The second-order valence-corrected chi connectivity index (χ2v) is 5.33. The fourth-order valence-electron chi connectivity index (χ4n) is 1.48. The van der Waals surface area contributed by atoms with E-state index in [0.717, 1.165) is 39.8 Å². The molecule has 0 aromatic heterocycles. The zero-order chi connectivity index (χ0) is 12.7. The predicted molar refractivity (Wildman–Crippen MR) is 76.4 cm³/mol. The van der Waals surface area contributed by atoms with Gasteiger partial charge in [-0.3, -0.25) is 0 Å². The summed E-state index contributed by atoms with van der Waals surface area (Å²) in [6.45, 7) is 4.36. The van der Waals surface area contributed by atoms with E-state index in [4.69, 9.17) is 9.84 Å². The van der Waals surface area contributed by atoms with Gasteiger partial charge in [0, 0.05) is 23.2 Å². The van der Waals surface area contributed by atoms with Gasteiger partial charge in [-0.05, 0) is 48.0 Å². The molecule has 0 amide bonds. The van der Waals surface area contributed by atoms with Crippen LogP contribution in [0.15, 0.2) is 21.1 Å². The lowest BCUT2D eigenvalue weighted by molar-refractivity contribution is 0.285. The summed E-state index contributed by atoms with van der Waals surface area (Å²) in [6, 6.07) is 4.02. The molecule has 0 heterocycles. The highest BCUT2D eigenvalue weighted by molar-refractivity contribution is 9.11. The third-order valence-corrected chi connectivity index (χ3v) is 3.25. The third-order valence-electron chi connectivity index (χ3n) is 2.20. The van der Waals surface area contributed by atoms with Gasteiger partial charge in [0.25, 0.3) is 0 Å². The van der Waals surface area contributed by atoms with Gasteiger partial charge in [-0.25, -0.2) is 0 Å². The minimum absolute atomic E-state index is 0.216. The van der Waals surface area contributed by atoms with Gasteiger partial charge in [-0.1, -0.05) is 15.9 Å². The van der Waals surface area contributed by atoms with Gasteiger partial charge in [0.2, 0.25) is 0 Å². The summed E-state index contributed by atoms with van der Waals surface area (Å²) in [6.07, 6.45) is 0.763. The quantitative estimate of drug-likeness (QED) is 0.728. The van der Waals surface area contributed by atoms with Crippen molar-refractivity contribution in [3.63, 3.8) is 0 Å². The van der Waals surface area contributed by atoms with Crippen LogP contribution in [0.25, 0.3) is 0 Å². The van der Waals surface area contributed by atoms with Crippen LogP contribution in [0.3, 0.4) is 0 Å². The number of hydrogen-bond acceptors (Lipinski definition) is 3. The largest absolute Gasteiger partial charge is 0.492 e. The van der Waals surface area contributed by atoms with Crippen molar-refractivity contribution in [3.8, 4) is 5.75 Å². The fourth-order valence-corrected chi connectivity index (χ4v) is 2.91. The molecule has 0 aliphatic carbocycles. The van der Waals surface area contributed by atoms with Crippen molar-refractivity contribution in [2.45, 2.75) is 19.9 Å². The van der Waals surface area contributed by atoms with Crippen LogP contribution in [0.1, 0.15) is 18.9 Å². The van der Waals surface area contributed by atoms with Crippen molar-refractivity contribution >= 4 is 31.9 Å². The Kier molecular flexibility index (Phi) is 7.11. The molecule has 0 aliphatic rings. The number of nitrogens with one attached hydrogen (secondary N) is 1. The van der Waals surface area contributed by atoms with Crippen LogP contribution in [-0.2, 0) is 6.54 Å². The standard InChI is InChI=1S/C12H17Br2NO2/c1-2-17-12-9(8-15-4-3-5-16)6-10(13)7-11(12)14/h6-7,15-16H,2-5,8H2,1H3. The first-order valence-electron chi connectivity index (χ1n) is 5.61. The van der Waals surface area contributed by atoms with E-state index >= 15 is 0 Å². The van der Waals surface area contributed by atoms with Crippen molar-refractivity contribution in [2.24, 2.45) is 0 Å². The summed E-state index contributed by atoms with van der Waals surface area (Å²) in [4.78, 5) is 0. The number of benzene rings is 1. The minimum Gasteiger partial charge on any atom is -0.492 e. The van der Waals surface area contributed by atoms with Crippen molar-refractivity contribution in [1.82, 2.24) is 5.32 Å². The first kappa shape index (κ1) is 15.0. The SMILES string of the molecule is CCOc1c(Br)cc(Br)cc1CNCCCO. The number of rotatable bonds is 7. The van der Waals surface area contributed by atoms with Crippen LogP contribution in [0, 0.1) is 0 Å². The zero-order valence-corrected chi connectivity index (χ0v) is 13.0. The van der Waals surface area contributed by atoms with Gasteiger partial charge < -0.3 is 15.2 Å². The number of aliphatic hydroxyl groups is 1. The van der Waals surface area contributed by atoms with Crippen LogP contribution in [0.4, 0.5) is 0 Å². The summed E-state index contributed by atoms with van der Waals surface area (Å²) < 4.78 is 7.59. The van der Waals surface area contributed by atoms with Crippen molar-refractivity contribution < 1.29 is 9.84 Å². The van der Waals surface area contributed by atoms with Crippen molar-refractivity contribution in [1.29, 1.82) is 0 Å². The highest BCUT2D eigenvalue weighted by Gasteiger charge is 2.09. The number of halogens is 2. The van der Waals surface area contributed by atoms with E-state index in [1.165, 1.54) is 0 Å². The Morgan fingerprint density at radius 3 is 2.76 bits per heavy atom. The van der Waals surface area contributed by atoms with Gasteiger partial charge in [-0.15, -0.1) is 0 Å². The van der Waals surface area contributed by atoms with Gasteiger partial charge in [0.15, 0.2) is 0 Å². The van der Waals surface area contributed by atoms with E-state index < -0.39 is 0 Å². The average Bonchev–Trinajstić information content (AvgIpc) is 2.29. The highest BCUT2D eigenvalue weighted by Crippen LogP contribution is 2.32. The molecule has 0 bridgehead atoms. The first-order valence-corrected chi connectivity index (χ1v) is 7.20. The minimum atomic E-state index is 0.216. The summed E-state index contributed by atoms with van der Waals surface area (Å²) in [5.41, 5.74) is 1.10. The molecule has 0 spiro atoms. The van der Waals surface area contributed by atoms with E-state index in [1.54, 1.807) is 0 Å². The smallest absolute Gasteiger partial charge is 0.138 e. The predicted octanol–water partition coefficient (Wildman–Crippen LogP) is 3.08. The molecule has 1 rings (SSSR count). The molecule has 0 radical (unpaired) electrons. The van der Waals surface area contributed by atoms with Gasteiger partial charge >= 0.3 is 0 Å². The lowest BCUT2D eigenvalue weighted by Crippen LogP contribution is -2.16. The number of aliphatic hydroxyl groups excluding tert-OH is 1. The fraction of sp³-hybridized carbons (Fsp3) is 0.500. The molecule has 3 nitrogen and oxygen atoms in total. The maximum atomic E-state index is 8.71. The normalized spacial score (nSPS) is 10.6. The molecule has 96 valence electrons. The summed E-state index contributed by atoms with van der Waals surface area (Å²) in [7, 11) is 0. The van der Waals surface area contributed by atoms with Crippen LogP contribution >= 0.6 is 31.9 Å². The Bertz CT molecular complexity index is 359. The Morgan fingerprint density at radius 2 is 2.12 bits per heavy atom. The molecule has 0 aliphatic heterocycles. The summed E-state index contributed by atoms with van der Waals surface area (Å²) >= 11 is 6.97. The van der Waals surface area contributed by atoms with Gasteiger partial charge in [-0.2, -0.15) is 0 Å². The molecule has 5 heteroatoms. The van der Waals surface area contributed by atoms with Crippen molar-refractivity contribution in [3.05, 3.63) is 26.6 Å². The maximum Gasteiger partial charge on any atom is 0.138 e. The lowest BCUT2D eigenvalue weighted by Gasteiger charge is -2.13. The van der Waals surface area contributed by atoms with Crippen LogP contribution < -0.4 is 10.1 Å². The molecular formula is C12H17Br2NO2. The Morgan fingerprint density at radius 1 is 1.35 bits per heavy atom. The molecule has 0 fully saturated rings. The van der Waals surface area contributed by atoms with Gasteiger partial charge in [0.1, 0.15) is 5.75 Å². The molecule has 1 aromatic carbocycles. The van der Waals surface area contributed by atoms with E-state index in [1.807, 2.05) is 19.1 Å². The van der Waals surface area contributed by atoms with E-state index in [2.05, 4.69) is 37.2 Å². The van der Waals surface area contributed by atoms with Crippen LogP contribution in [0.2, 0.25) is 0 Å². The molecule has 17 heavy (non-hydrogen) atoms. The first-order chi connectivity index (χ1) is 8.19. The Hall–Kier alpha value is -0.100. The van der Waals surface area contributed by atoms with Gasteiger partial charge in [0.05, 0.1) is 11.1 Å². The third kappa shape index (κ3) is 4.95. The number of ether oxygens (including phenoxy) is 1. The topological polar surface area (TPSA) is 41.5 Å². The Labute approximate surface area is 119 Å². The van der Waals surface area contributed by atoms with Crippen LogP contribution in [0.5, 0.6) is 5.75 Å². The second kappa shape index (κ2) is 8.08.